The first-order valence-corrected chi connectivity index (χ1v) is 9.43. The number of nitrogens with zero attached hydrogens (tertiary/aromatic N) is 2. The molecule has 27 heavy (non-hydrogen) atoms. The topological polar surface area (TPSA) is 85.4 Å². The third kappa shape index (κ3) is 3.90. The van der Waals surface area contributed by atoms with Crippen LogP contribution in [0.3, 0.4) is 0 Å². The number of imide groups is 1. The Balaban J connectivity index is 2.00. The van der Waals surface area contributed by atoms with Gasteiger partial charge in [0.1, 0.15) is 6.54 Å². The number of nitrogens with two attached hydrogens (primary N) is 1. The molecule has 3 amide bonds. The predicted molar refractivity (Wildman–Crippen MR) is 107 cm³/mol. The molecule has 0 atom stereocenters. The number of rotatable bonds is 4. The van der Waals surface area contributed by atoms with Crippen LogP contribution < -0.4 is 5.73 Å². The van der Waals surface area contributed by atoms with Crippen LogP contribution in [-0.4, -0.2) is 33.1 Å². The van der Waals surface area contributed by atoms with Crippen molar-refractivity contribution < 1.29 is 14.4 Å². The molecule has 2 aromatic rings. The summed E-state index contributed by atoms with van der Waals surface area (Å²) in [6.45, 7) is 3.38. The summed E-state index contributed by atoms with van der Waals surface area (Å²) in [5, 5.41) is 0.513. The van der Waals surface area contributed by atoms with E-state index >= 15 is 0 Å². The Labute approximate surface area is 169 Å². The van der Waals surface area contributed by atoms with Crippen LogP contribution in [-0.2, 0) is 9.59 Å². The molecular weight excluding hydrogens is 409 g/mol. The summed E-state index contributed by atoms with van der Waals surface area (Å²) >= 11 is 13.0. The van der Waals surface area contributed by atoms with Gasteiger partial charge in [-0.1, -0.05) is 23.2 Å². The summed E-state index contributed by atoms with van der Waals surface area (Å²) in [6.07, 6.45) is 1.64. The Morgan fingerprint density at radius 1 is 1.15 bits per heavy atom. The minimum atomic E-state index is -0.741. The molecule has 140 valence electrons. The van der Waals surface area contributed by atoms with E-state index in [-0.39, 0.29) is 4.91 Å². The lowest BCUT2D eigenvalue weighted by Crippen LogP contribution is -2.36. The quantitative estimate of drug-likeness (QED) is 0.754. The molecule has 0 radical (unpaired) electrons. The van der Waals surface area contributed by atoms with Gasteiger partial charge < -0.3 is 10.3 Å². The number of carbonyl (C=O) groups is 3. The monoisotopic (exact) mass is 423 g/mol. The molecule has 2 heterocycles. The fourth-order valence-electron chi connectivity index (χ4n) is 2.93. The van der Waals surface area contributed by atoms with Crippen molar-refractivity contribution in [3.05, 3.63) is 56.2 Å². The van der Waals surface area contributed by atoms with E-state index in [9.17, 15) is 14.4 Å². The normalized spacial score (nSPS) is 15.9. The third-order valence-electron chi connectivity index (χ3n) is 4.05. The molecule has 1 aromatic heterocycles. The number of benzene rings is 1. The van der Waals surface area contributed by atoms with Gasteiger partial charge in [0.25, 0.3) is 11.1 Å². The van der Waals surface area contributed by atoms with Crippen molar-refractivity contribution >= 4 is 58.1 Å². The predicted octanol–water partition coefficient (Wildman–Crippen LogP) is 3.92. The second-order valence-corrected chi connectivity index (χ2v) is 7.89. The number of thioether (sulfide) groups is 1. The van der Waals surface area contributed by atoms with Crippen molar-refractivity contribution in [1.82, 2.24) is 9.47 Å². The molecule has 1 saturated heterocycles. The number of hydrogen-bond acceptors (Lipinski definition) is 4. The largest absolute Gasteiger partial charge is 0.368 e. The molecule has 2 N–H and O–H groups in total. The summed E-state index contributed by atoms with van der Waals surface area (Å²) < 4.78 is 1.96. The molecule has 1 aliphatic rings. The molecule has 6 nitrogen and oxygen atoms in total. The molecule has 9 heteroatoms. The SMILES string of the molecule is Cc1cc(/C=C2\SC(=O)N(CC(N)=O)C2=O)c(C)n1-c1cc(Cl)cc(Cl)c1. The van der Waals surface area contributed by atoms with Gasteiger partial charge in [0.2, 0.25) is 5.91 Å². The van der Waals surface area contributed by atoms with E-state index in [0.717, 1.165) is 39.3 Å². The maximum Gasteiger partial charge on any atom is 0.294 e. The standard InChI is InChI=1S/C18H15Cl2N3O3S/c1-9-3-11(4-15-17(25)22(8-16(21)24)18(26)27-15)10(2)23(9)14-6-12(19)5-13(20)7-14/h3-7H,8H2,1-2H3,(H2,21,24)/b15-4-. The zero-order chi connectivity index (χ0) is 19.9. The van der Waals surface area contributed by atoms with Gasteiger partial charge in [-0.3, -0.25) is 19.3 Å². The highest BCUT2D eigenvalue weighted by Crippen LogP contribution is 2.34. The van der Waals surface area contributed by atoms with E-state index in [2.05, 4.69) is 0 Å². The van der Waals surface area contributed by atoms with Crippen molar-refractivity contribution in [2.45, 2.75) is 13.8 Å². The highest BCUT2D eigenvalue weighted by Gasteiger charge is 2.36. The molecule has 0 unspecified atom stereocenters. The van der Waals surface area contributed by atoms with Crippen molar-refractivity contribution in [3.63, 3.8) is 0 Å². The molecule has 0 bridgehead atoms. The van der Waals surface area contributed by atoms with Gasteiger partial charge in [0, 0.05) is 27.1 Å². The molecular formula is C18H15Cl2N3O3S. The Morgan fingerprint density at radius 2 is 1.78 bits per heavy atom. The molecule has 0 aliphatic carbocycles. The third-order valence-corrected chi connectivity index (χ3v) is 5.39. The Kier molecular flexibility index (Phi) is 5.37. The van der Waals surface area contributed by atoms with E-state index in [1.807, 2.05) is 24.5 Å². The van der Waals surface area contributed by atoms with Crippen LogP contribution in [0.5, 0.6) is 0 Å². The smallest absolute Gasteiger partial charge is 0.294 e. The highest BCUT2D eigenvalue weighted by molar-refractivity contribution is 8.18. The Bertz CT molecular complexity index is 993. The fraction of sp³-hybridized carbons (Fsp3) is 0.167. The van der Waals surface area contributed by atoms with Gasteiger partial charge in [0.15, 0.2) is 0 Å². The van der Waals surface area contributed by atoms with Gasteiger partial charge in [-0.15, -0.1) is 0 Å². The number of aromatic nitrogens is 1. The number of carbonyl (C=O) groups excluding carboxylic acids is 3. The number of halogens is 2. The fourth-order valence-corrected chi connectivity index (χ4v) is 4.28. The number of hydrogen-bond donors (Lipinski definition) is 1. The molecule has 1 fully saturated rings. The maximum absolute atomic E-state index is 12.4. The summed E-state index contributed by atoms with van der Waals surface area (Å²) in [5.74, 6) is -1.27. The second-order valence-electron chi connectivity index (χ2n) is 6.02. The molecule has 0 saturated carbocycles. The summed E-state index contributed by atoms with van der Waals surface area (Å²) in [4.78, 5) is 36.5. The average Bonchev–Trinajstić information content (AvgIpc) is 2.97. The van der Waals surface area contributed by atoms with Crippen LogP contribution in [0.1, 0.15) is 17.0 Å². The lowest BCUT2D eigenvalue weighted by molar-refractivity contribution is -0.127. The van der Waals surface area contributed by atoms with Gasteiger partial charge in [-0.05, 0) is 61.5 Å². The number of aryl methyl sites for hydroxylation is 1. The van der Waals surface area contributed by atoms with Crippen LogP contribution >= 0.6 is 35.0 Å². The van der Waals surface area contributed by atoms with E-state index in [4.69, 9.17) is 28.9 Å². The van der Waals surface area contributed by atoms with Gasteiger partial charge in [0.05, 0.1) is 4.91 Å². The van der Waals surface area contributed by atoms with Crippen LogP contribution in [0.15, 0.2) is 29.2 Å². The van der Waals surface area contributed by atoms with E-state index < -0.39 is 23.6 Å². The minimum absolute atomic E-state index is 0.241. The van der Waals surface area contributed by atoms with Crippen LogP contribution in [0, 0.1) is 13.8 Å². The summed E-state index contributed by atoms with van der Waals surface area (Å²) in [5.41, 5.74) is 8.42. The second kappa shape index (κ2) is 7.42. The summed E-state index contributed by atoms with van der Waals surface area (Å²) in [6, 6.07) is 7.12. The van der Waals surface area contributed by atoms with E-state index in [0.29, 0.717) is 10.0 Å². The first-order chi connectivity index (χ1) is 12.7. The van der Waals surface area contributed by atoms with Crippen LogP contribution in [0.25, 0.3) is 11.8 Å². The molecule has 0 spiro atoms. The molecule has 1 aromatic carbocycles. The van der Waals surface area contributed by atoms with E-state index in [1.165, 1.54) is 0 Å². The zero-order valence-corrected chi connectivity index (χ0v) is 16.8. The lowest BCUT2D eigenvalue weighted by atomic mass is 10.2. The first-order valence-electron chi connectivity index (χ1n) is 7.86. The van der Waals surface area contributed by atoms with Gasteiger partial charge >= 0.3 is 0 Å². The van der Waals surface area contributed by atoms with Gasteiger partial charge in [-0.2, -0.15) is 0 Å². The minimum Gasteiger partial charge on any atom is -0.368 e. The number of primary amides is 1. The van der Waals surface area contributed by atoms with Crippen molar-refractivity contribution in [2.24, 2.45) is 5.73 Å². The Morgan fingerprint density at radius 3 is 2.37 bits per heavy atom. The van der Waals surface area contributed by atoms with Gasteiger partial charge in [-0.25, -0.2) is 0 Å². The first kappa shape index (κ1) is 19.5. The lowest BCUT2D eigenvalue weighted by Gasteiger charge is -2.11. The van der Waals surface area contributed by atoms with Crippen LogP contribution in [0.2, 0.25) is 10.0 Å². The van der Waals surface area contributed by atoms with E-state index in [1.54, 1.807) is 24.3 Å². The van der Waals surface area contributed by atoms with Crippen molar-refractivity contribution in [3.8, 4) is 5.69 Å². The molecule has 3 rings (SSSR count). The Hall–Kier alpha value is -2.22. The van der Waals surface area contributed by atoms with Crippen molar-refractivity contribution in [1.29, 1.82) is 0 Å². The highest BCUT2D eigenvalue weighted by atomic mass is 35.5. The maximum atomic E-state index is 12.4. The van der Waals surface area contributed by atoms with Crippen molar-refractivity contribution in [2.75, 3.05) is 6.54 Å². The average molecular weight is 424 g/mol. The zero-order valence-electron chi connectivity index (χ0n) is 14.5. The van der Waals surface area contributed by atoms with Crippen LogP contribution in [0.4, 0.5) is 4.79 Å². The molecule has 1 aliphatic heterocycles. The summed E-state index contributed by atoms with van der Waals surface area (Å²) in [7, 11) is 0. The number of amides is 3.